The third-order valence-electron chi connectivity index (χ3n) is 10.5. The summed E-state index contributed by atoms with van der Waals surface area (Å²) in [6.07, 6.45) is 3.61. The highest BCUT2D eigenvalue weighted by Crippen LogP contribution is 2.67. The molecule has 8 aromatic rings. The summed E-state index contributed by atoms with van der Waals surface area (Å²) in [5.74, 6) is 0. The fourth-order valence-electron chi connectivity index (χ4n) is 8.98. The number of rotatable bonds is 1. The lowest BCUT2D eigenvalue weighted by Crippen LogP contribution is -2.26. The molecular formula is C43H24N2. The minimum Gasteiger partial charge on any atom is -0.253 e. The highest BCUT2D eigenvalue weighted by atomic mass is 14.8. The average molecular weight is 569 g/mol. The molecular weight excluding hydrogens is 544 g/mol. The lowest BCUT2D eigenvalue weighted by molar-refractivity contribution is 0.794. The molecule has 0 saturated carbocycles. The van der Waals surface area contributed by atoms with Crippen LogP contribution in [-0.4, -0.2) is 9.97 Å². The zero-order chi connectivity index (χ0) is 29.3. The van der Waals surface area contributed by atoms with E-state index in [0.717, 1.165) is 16.6 Å². The molecule has 0 atom stereocenters. The maximum atomic E-state index is 4.96. The predicted molar refractivity (Wildman–Crippen MR) is 183 cm³/mol. The molecule has 1 heterocycles. The van der Waals surface area contributed by atoms with Crippen molar-refractivity contribution in [3.05, 3.63) is 168 Å². The van der Waals surface area contributed by atoms with Gasteiger partial charge in [0, 0.05) is 23.5 Å². The van der Waals surface area contributed by atoms with E-state index in [2.05, 4.69) is 133 Å². The molecule has 0 N–H and O–H groups in total. The van der Waals surface area contributed by atoms with Crippen LogP contribution in [0.3, 0.4) is 0 Å². The van der Waals surface area contributed by atoms with Crippen LogP contribution in [0.5, 0.6) is 0 Å². The highest BCUT2D eigenvalue weighted by molar-refractivity contribution is 6.22. The first-order valence-electron chi connectivity index (χ1n) is 15.6. The first-order valence-corrected chi connectivity index (χ1v) is 15.6. The topological polar surface area (TPSA) is 25.8 Å². The molecule has 0 fully saturated rings. The fourth-order valence-corrected chi connectivity index (χ4v) is 8.98. The summed E-state index contributed by atoms with van der Waals surface area (Å²) >= 11 is 0. The maximum absolute atomic E-state index is 4.96. The van der Waals surface area contributed by atoms with Gasteiger partial charge in [0.05, 0.1) is 16.4 Å². The van der Waals surface area contributed by atoms with E-state index in [0.29, 0.717) is 0 Å². The molecule has 1 spiro atoms. The zero-order valence-electron chi connectivity index (χ0n) is 24.3. The van der Waals surface area contributed by atoms with Gasteiger partial charge in [-0.05, 0) is 89.7 Å². The van der Waals surface area contributed by atoms with E-state index in [4.69, 9.17) is 9.97 Å². The van der Waals surface area contributed by atoms with Crippen molar-refractivity contribution in [2.75, 3.05) is 0 Å². The molecule has 0 saturated heterocycles. The molecule has 3 aliphatic carbocycles. The molecule has 11 rings (SSSR count). The van der Waals surface area contributed by atoms with Crippen molar-refractivity contribution >= 4 is 21.8 Å². The number of hydrogen-bond acceptors (Lipinski definition) is 2. The molecule has 2 heteroatoms. The summed E-state index contributed by atoms with van der Waals surface area (Å²) in [4.78, 5) is 9.71. The molecule has 2 nitrogen and oxygen atoms in total. The van der Waals surface area contributed by atoms with Crippen LogP contribution in [-0.2, 0) is 5.41 Å². The van der Waals surface area contributed by atoms with E-state index in [9.17, 15) is 0 Å². The van der Waals surface area contributed by atoms with E-state index in [1.807, 2.05) is 6.20 Å². The molecule has 7 aromatic carbocycles. The van der Waals surface area contributed by atoms with Gasteiger partial charge < -0.3 is 0 Å². The number of fused-ring (bicyclic) bond motifs is 14. The minimum atomic E-state index is -0.429. The van der Waals surface area contributed by atoms with Gasteiger partial charge in [0.25, 0.3) is 0 Å². The van der Waals surface area contributed by atoms with Crippen LogP contribution in [0.25, 0.3) is 77.4 Å². The molecule has 0 bridgehead atoms. The van der Waals surface area contributed by atoms with Crippen molar-refractivity contribution < 1.29 is 0 Å². The summed E-state index contributed by atoms with van der Waals surface area (Å²) < 4.78 is 0. The van der Waals surface area contributed by atoms with E-state index < -0.39 is 5.41 Å². The Morgan fingerprint density at radius 1 is 0.378 bits per heavy atom. The second-order valence-corrected chi connectivity index (χ2v) is 12.4. The third-order valence-corrected chi connectivity index (χ3v) is 10.5. The summed E-state index contributed by atoms with van der Waals surface area (Å²) in [6.45, 7) is 0. The van der Waals surface area contributed by atoms with Crippen LogP contribution in [0.15, 0.2) is 146 Å². The van der Waals surface area contributed by atoms with Crippen molar-refractivity contribution in [1.29, 1.82) is 0 Å². The van der Waals surface area contributed by atoms with Crippen molar-refractivity contribution in [2.45, 2.75) is 5.41 Å². The normalized spacial score (nSPS) is 14.0. The van der Waals surface area contributed by atoms with Crippen LogP contribution in [0.4, 0.5) is 0 Å². The van der Waals surface area contributed by atoms with Gasteiger partial charge in [-0.15, -0.1) is 0 Å². The van der Waals surface area contributed by atoms with E-state index in [1.54, 1.807) is 6.20 Å². The lowest BCUT2D eigenvalue weighted by atomic mass is 9.69. The Balaban J connectivity index is 1.41. The minimum absolute atomic E-state index is 0.429. The number of aromatic nitrogens is 2. The Kier molecular flexibility index (Phi) is 4.29. The quantitative estimate of drug-likeness (QED) is 0.197. The number of para-hydroxylation sites is 1. The van der Waals surface area contributed by atoms with Crippen molar-refractivity contribution in [1.82, 2.24) is 9.97 Å². The van der Waals surface area contributed by atoms with Crippen molar-refractivity contribution in [3.8, 4) is 55.6 Å². The Labute approximate surface area is 260 Å². The van der Waals surface area contributed by atoms with Gasteiger partial charge in [0.2, 0.25) is 0 Å². The molecule has 0 radical (unpaired) electrons. The third kappa shape index (κ3) is 2.69. The van der Waals surface area contributed by atoms with Crippen LogP contribution >= 0.6 is 0 Å². The molecule has 3 aliphatic rings. The van der Waals surface area contributed by atoms with Gasteiger partial charge >= 0.3 is 0 Å². The van der Waals surface area contributed by atoms with Gasteiger partial charge in [0.1, 0.15) is 0 Å². The van der Waals surface area contributed by atoms with Crippen LogP contribution in [0.2, 0.25) is 0 Å². The summed E-state index contributed by atoms with van der Waals surface area (Å²) in [5.41, 5.74) is 19.6. The molecule has 0 amide bonds. The summed E-state index contributed by atoms with van der Waals surface area (Å²) in [6, 6.07) is 49.7. The summed E-state index contributed by atoms with van der Waals surface area (Å²) in [7, 11) is 0. The van der Waals surface area contributed by atoms with Crippen molar-refractivity contribution in [3.63, 3.8) is 0 Å². The van der Waals surface area contributed by atoms with Crippen molar-refractivity contribution in [2.24, 2.45) is 0 Å². The monoisotopic (exact) mass is 568 g/mol. The van der Waals surface area contributed by atoms with Crippen LogP contribution in [0.1, 0.15) is 22.3 Å². The Morgan fingerprint density at radius 3 is 1.71 bits per heavy atom. The van der Waals surface area contributed by atoms with Gasteiger partial charge in [-0.3, -0.25) is 9.97 Å². The lowest BCUT2D eigenvalue weighted by Gasteiger charge is -2.31. The fraction of sp³-hybridized carbons (Fsp3) is 0.0233. The SMILES string of the molecule is c1ccc2c(c1)-c1ccccc1C21c2ccccc2-c2c1cc1c(c2-c2cccc3nccnc23)-c2cccc3cccc-1c23. The number of hydrogen-bond donors (Lipinski definition) is 0. The van der Waals surface area contributed by atoms with Gasteiger partial charge in [-0.2, -0.15) is 0 Å². The largest absolute Gasteiger partial charge is 0.253 e. The van der Waals surface area contributed by atoms with Gasteiger partial charge in [-0.1, -0.05) is 121 Å². The smallest absolute Gasteiger partial charge is 0.0965 e. The molecule has 0 unspecified atom stereocenters. The van der Waals surface area contributed by atoms with E-state index in [1.165, 1.54) is 83.1 Å². The first-order chi connectivity index (χ1) is 22.4. The van der Waals surface area contributed by atoms with Crippen LogP contribution in [0, 0.1) is 0 Å². The molecule has 0 aliphatic heterocycles. The second kappa shape index (κ2) is 8.19. The van der Waals surface area contributed by atoms with E-state index >= 15 is 0 Å². The van der Waals surface area contributed by atoms with Gasteiger partial charge in [-0.25, -0.2) is 0 Å². The standard InChI is InChI=1S/C43H24N2/c1-4-18-33-26(12-1)27-13-2-5-19-34(27)43(33)35-20-6-3-14-29(35)40-36(43)24-32-28-15-7-10-25-11-8-16-30(38(25)28)39(32)41(40)31-17-9-21-37-42(31)45-23-22-44-37/h1-24H. The van der Waals surface area contributed by atoms with Crippen LogP contribution < -0.4 is 0 Å². The predicted octanol–water partition coefficient (Wildman–Crippen LogP) is 10.4. The Bertz CT molecular complexity index is 2550. The zero-order valence-corrected chi connectivity index (χ0v) is 24.3. The highest BCUT2D eigenvalue weighted by Gasteiger charge is 2.53. The second-order valence-electron chi connectivity index (χ2n) is 12.4. The molecule has 206 valence electrons. The Hall–Kier alpha value is -5.86. The Morgan fingerprint density at radius 2 is 0.956 bits per heavy atom. The van der Waals surface area contributed by atoms with E-state index in [-0.39, 0.29) is 0 Å². The summed E-state index contributed by atoms with van der Waals surface area (Å²) in [5, 5.41) is 2.61. The number of benzene rings is 7. The average Bonchev–Trinajstić information content (AvgIpc) is 3.70. The first kappa shape index (κ1) is 23.6. The maximum Gasteiger partial charge on any atom is 0.0965 e. The molecule has 1 aromatic heterocycles. The number of nitrogens with zero attached hydrogens (tertiary/aromatic N) is 2. The van der Waals surface area contributed by atoms with Gasteiger partial charge in [0.15, 0.2) is 0 Å². The molecule has 45 heavy (non-hydrogen) atoms.